The quantitative estimate of drug-likeness (QED) is 0.777. The highest BCUT2D eigenvalue weighted by molar-refractivity contribution is 5.86. The highest BCUT2D eigenvalue weighted by atomic mass is 16.5. The maximum absolute atomic E-state index is 11.4. The smallest absolute Gasteiger partial charge is 0.373 e. The van der Waals surface area contributed by atoms with Crippen LogP contribution in [0, 0.1) is 0 Å². The molecule has 0 spiro atoms. The molecule has 2 heterocycles. The Morgan fingerprint density at radius 2 is 2.32 bits per heavy atom. The highest BCUT2D eigenvalue weighted by Gasteiger charge is 2.18. The van der Waals surface area contributed by atoms with Crippen LogP contribution < -0.4 is 0 Å². The number of esters is 1. The first-order chi connectivity index (χ1) is 9.17. The first-order valence-corrected chi connectivity index (χ1v) is 6.37. The van der Waals surface area contributed by atoms with Crippen molar-refractivity contribution in [2.45, 2.75) is 32.7 Å². The molecule has 1 atom stereocenters. The highest BCUT2D eigenvalue weighted by Crippen LogP contribution is 2.22. The molecular weight excluding hydrogens is 244 g/mol. The van der Waals surface area contributed by atoms with Gasteiger partial charge in [0.2, 0.25) is 5.76 Å². The van der Waals surface area contributed by atoms with Crippen molar-refractivity contribution in [1.29, 1.82) is 0 Å². The van der Waals surface area contributed by atoms with Crippen molar-refractivity contribution in [2.24, 2.45) is 0 Å². The number of imidazole rings is 1. The van der Waals surface area contributed by atoms with Gasteiger partial charge in [0.25, 0.3) is 0 Å². The number of methoxy groups -OCH3 is 1. The molecule has 0 saturated carbocycles. The van der Waals surface area contributed by atoms with Gasteiger partial charge in [-0.25, -0.2) is 9.78 Å². The summed E-state index contributed by atoms with van der Waals surface area (Å²) in [5.41, 5.74) is 0. The number of ether oxygens (including phenoxy) is 1. The van der Waals surface area contributed by atoms with Gasteiger partial charge in [0.15, 0.2) is 0 Å². The number of hydrogen-bond acceptors (Lipinski definition) is 4. The number of carbonyl (C=O) groups is 1. The number of aryl methyl sites for hydroxylation is 1. The Kier molecular flexibility index (Phi) is 4.04. The molecule has 2 rings (SSSR count). The summed E-state index contributed by atoms with van der Waals surface area (Å²) in [4.78, 5) is 15.7. The van der Waals surface area contributed by atoms with Gasteiger partial charge in [0, 0.05) is 18.8 Å². The van der Waals surface area contributed by atoms with E-state index in [-0.39, 0.29) is 11.8 Å². The fourth-order valence-electron chi connectivity index (χ4n) is 2.04. The molecule has 5 heteroatoms. The summed E-state index contributed by atoms with van der Waals surface area (Å²) in [6, 6.07) is 3.43. The Morgan fingerprint density at radius 1 is 1.53 bits per heavy atom. The minimum Gasteiger partial charge on any atom is -0.463 e. The third-order valence-electron chi connectivity index (χ3n) is 3.06. The summed E-state index contributed by atoms with van der Waals surface area (Å²) in [7, 11) is 1.34. The molecule has 0 amide bonds. The van der Waals surface area contributed by atoms with E-state index in [1.54, 1.807) is 18.3 Å². The molecule has 2 aromatic heterocycles. The van der Waals surface area contributed by atoms with Crippen LogP contribution in [0.2, 0.25) is 0 Å². The van der Waals surface area contributed by atoms with Crippen molar-refractivity contribution in [2.75, 3.05) is 7.11 Å². The van der Waals surface area contributed by atoms with Crippen molar-refractivity contribution >= 4 is 5.97 Å². The largest absolute Gasteiger partial charge is 0.463 e. The minimum atomic E-state index is -0.460. The van der Waals surface area contributed by atoms with Crippen molar-refractivity contribution in [3.05, 3.63) is 41.9 Å². The average molecular weight is 262 g/mol. The van der Waals surface area contributed by atoms with Gasteiger partial charge >= 0.3 is 5.97 Å². The maximum atomic E-state index is 11.4. The molecule has 1 unspecified atom stereocenters. The van der Waals surface area contributed by atoms with E-state index in [2.05, 4.69) is 21.2 Å². The molecule has 102 valence electrons. The van der Waals surface area contributed by atoms with Crippen LogP contribution in [-0.2, 0) is 11.2 Å². The lowest BCUT2D eigenvalue weighted by Gasteiger charge is -2.13. The van der Waals surface area contributed by atoms with E-state index in [0.717, 1.165) is 24.4 Å². The normalized spacial score (nSPS) is 12.4. The summed E-state index contributed by atoms with van der Waals surface area (Å²) in [5.74, 6) is 1.50. The molecule has 0 bridgehead atoms. The first-order valence-electron chi connectivity index (χ1n) is 6.37. The van der Waals surface area contributed by atoms with E-state index < -0.39 is 5.97 Å². The summed E-state index contributed by atoms with van der Waals surface area (Å²) < 4.78 is 12.2. The Labute approximate surface area is 112 Å². The van der Waals surface area contributed by atoms with Gasteiger partial charge in [0.05, 0.1) is 13.2 Å². The minimum absolute atomic E-state index is 0.00227. The fraction of sp³-hybridized carbons (Fsp3) is 0.429. The van der Waals surface area contributed by atoms with Gasteiger partial charge < -0.3 is 13.7 Å². The number of aromatic nitrogens is 2. The van der Waals surface area contributed by atoms with Crippen LogP contribution in [0.15, 0.2) is 28.9 Å². The zero-order chi connectivity index (χ0) is 13.8. The molecule has 5 nitrogen and oxygen atoms in total. The topological polar surface area (TPSA) is 57.3 Å². The predicted molar refractivity (Wildman–Crippen MR) is 70.1 cm³/mol. The summed E-state index contributed by atoms with van der Waals surface area (Å²) in [5, 5.41) is 0. The van der Waals surface area contributed by atoms with Crippen LogP contribution in [0.3, 0.4) is 0 Å². The average Bonchev–Trinajstić information content (AvgIpc) is 3.06. The SMILES string of the molecule is CCCc1nccn1C(C)c1ccc(C(=O)OC)o1. The van der Waals surface area contributed by atoms with Gasteiger partial charge in [-0.15, -0.1) is 0 Å². The molecule has 0 saturated heterocycles. The molecule has 0 radical (unpaired) electrons. The second-order valence-corrected chi connectivity index (χ2v) is 4.37. The number of rotatable bonds is 5. The van der Waals surface area contributed by atoms with Crippen molar-refractivity contribution in [1.82, 2.24) is 9.55 Å². The number of furan rings is 1. The molecule has 0 N–H and O–H groups in total. The summed E-state index contributed by atoms with van der Waals surface area (Å²) in [6.45, 7) is 4.13. The van der Waals surface area contributed by atoms with E-state index in [0.29, 0.717) is 0 Å². The van der Waals surface area contributed by atoms with Crippen molar-refractivity contribution in [3.8, 4) is 0 Å². The molecule has 0 fully saturated rings. The first kappa shape index (κ1) is 13.4. The van der Waals surface area contributed by atoms with Crippen molar-refractivity contribution in [3.63, 3.8) is 0 Å². The lowest BCUT2D eigenvalue weighted by atomic mass is 10.2. The molecular formula is C14H18N2O3. The molecule has 0 aromatic carbocycles. The lowest BCUT2D eigenvalue weighted by Crippen LogP contribution is -2.09. The standard InChI is InChI=1S/C14H18N2O3/c1-4-5-13-15-8-9-16(13)10(2)11-6-7-12(19-11)14(17)18-3/h6-10H,4-5H2,1-3H3. The van der Waals surface area contributed by atoms with Crippen LogP contribution in [0.5, 0.6) is 0 Å². The molecule has 2 aromatic rings. The number of nitrogens with zero attached hydrogens (tertiary/aromatic N) is 2. The third-order valence-corrected chi connectivity index (χ3v) is 3.06. The van der Waals surface area contributed by atoms with E-state index in [1.165, 1.54) is 7.11 Å². The van der Waals surface area contributed by atoms with Gasteiger partial charge in [-0.1, -0.05) is 6.92 Å². The predicted octanol–water partition coefficient (Wildman–Crippen LogP) is 2.82. The van der Waals surface area contributed by atoms with Crippen LogP contribution >= 0.6 is 0 Å². The monoisotopic (exact) mass is 262 g/mol. The van der Waals surface area contributed by atoms with E-state index >= 15 is 0 Å². The second kappa shape index (κ2) is 5.73. The van der Waals surface area contributed by atoms with Gasteiger partial charge in [-0.3, -0.25) is 0 Å². The van der Waals surface area contributed by atoms with E-state index in [9.17, 15) is 4.79 Å². The number of hydrogen-bond donors (Lipinski definition) is 0. The fourth-order valence-corrected chi connectivity index (χ4v) is 2.04. The zero-order valence-electron chi connectivity index (χ0n) is 11.4. The van der Waals surface area contributed by atoms with Gasteiger partial charge in [-0.05, 0) is 25.5 Å². The summed E-state index contributed by atoms with van der Waals surface area (Å²) >= 11 is 0. The third kappa shape index (κ3) is 2.70. The van der Waals surface area contributed by atoms with Crippen LogP contribution in [0.1, 0.15) is 48.4 Å². The van der Waals surface area contributed by atoms with Gasteiger partial charge in [0.1, 0.15) is 11.6 Å². The van der Waals surface area contributed by atoms with Crippen LogP contribution in [0.25, 0.3) is 0 Å². The number of carbonyl (C=O) groups excluding carboxylic acids is 1. The Balaban J connectivity index is 2.23. The molecule has 19 heavy (non-hydrogen) atoms. The van der Waals surface area contributed by atoms with Gasteiger partial charge in [-0.2, -0.15) is 0 Å². The maximum Gasteiger partial charge on any atom is 0.373 e. The molecule has 0 aliphatic rings. The second-order valence-electron chi connectivity index (χ2n) is 4.37. The van der Waals surface area contributed by atoms with E-state index in [4.69, 9.17) is 4.42 Å². The van der Waals surface area contributed by atoms with E-state index in [1.807, 2.05) is 13.1 Å². The zero-order valence-corrected chi connectivity index (χ0v) is 11.4. The lowest BCUT2D eigenvalue weighted by molar-refractivity contribution is 0.0562. The van der Waals surface area contributed by atoms with Crippen LogP contribution in [0.4, 0.5) is 0 Å². The Morgan fingerprint density at radius 3 is 3.00 bits per heavy atom. The van der Waals surface area contributed by atoms with Crippen LogP contribution in [-0.4, -0.2) is 22.6 Å². The Bertz CT molecular complexity index is 557. The Hall–Kier alpha value is -2.04. The van der Waals surface area contributed by atoms with Crippen molar-refractivity contribution < 1.29 is 13.9 Å². The molecule has 0 aliphatic carbocycles. The summed E-state index contributed by atoms with van der Waals surface area (Å²) in [6.07, 6.45) is 5.67. The molecule has 0 aliphatic heterocycles.